The first-order valence-corrected chi connectivity index (χ1v) is 6.11. The monoisotopic (exact) mass is 313 g/mol. The van der Waals surface area contributed by atoms with E-state index < -0.39 is 12.5 Å². The predicted octanol–water partition coefficient (Wildman–Crippen LogP) is 3.17. The molecule has 1 aromatic heterocycles. The highest BCUT2D eigenvalue weighted by Gasteiger charge is 2.11. The molecule has 0 aliphatic heterocycles. The fourth-order valence-corrected chi connectivity index (χ4v) is 1.73. The largest absolute Gasteiger partial charge is 0.433 e. The van der Waals surface area contributed by atoms with E-state index in [1.54, 1.807) is 0 Å². The molecule has 0 spiro atoms. The van der Waals surface area contributed by atoms with E-state index in [4.69, 9.17) is 17.3 Å². The van der Waals surface area contributed by atoms with Crippen LogP contribution in [0.5, 0.6) is 5.75 Å². The number of amides is 1. The number of carbonyl (C=O) groups excluding carboxylic acids is 1. The molecule has 8 heteroatoms. The smallest absolute Gasteiger partial charge is 0.387 e. The van der Waals surface area contributed by atoms with Crippen molar-refractivity contribution in [2.24, 2.45) is 0 Å². The van der Waals surface area contributed by atoms with Crippen LogP contribution in [0.1, 0.15) is 10.5 Å². The Morgan fingerprint density at radius 2 is 2.10 bits per heavy atom. The molecule has 0 saturated carbocycles. The van der Waals surface area contributed by atoms with Gasteiger partial charge in [0, 0.05) is 5.69 Å². The minimum Gasteiger partial charge on any atom is -0.433 e. The number of hydrogen-bond acceptors (Lipinski definition) is 4. The van der Waals surface area contributed by atoms with E-state index in [1.165, 1.54) is 36.5 Å². The number of hydrogen-bond donors (Lipinski definition) is 2. The third-order valence-electron chi connectivity index (χ3n) is 2.42. The molecule has 0 unspecified atom stereocenters. The molecule has 0 radical (unpaired) electrons. The first-order valence-electron chi connectivity index (χ1n) is 5.73. The van der Waals surface area contributed by atoms with Gasteiger partial charge < -0.3 is 15.8 Å². The van der Waals surface area contributed by atoms with Gasteiger partial charge in [0.15, 0.2) is 0 Å². The van der Waals surface area contributed by atoms with Crippen LogP contribution in [0.3, 0.4) is 0 Å². The Balaban J connectivity index is 2.11. The summed E-state index contributed by atoms with van der Waals surface area (Å²) in [4.78, 5) is 15.8. The van der Waals surface area contributed by atoms with Gasteiger partial charge >= 0.3 is 6.61 Å². The quantitative estimate of drug-likeness (QED) is 0.909. The predicted molar refractivity (Wildman–Crippen MR) is 74.7 cm³/mol. The number of alkyl halides is 2. The van der Waals surface area contributed by atoms with Crippen molar-refractivity contribution in [2.45, 2.75) is 6.61 Å². The van der Waals surface area contributed by atoms with Crippen molar-refractivity contribution in [1.82, 2.24) is 4.98 Å². The molecule has 110 valence electrons. The minimum absolute atomic E-state index is 0.0432. The zero-order chi connectivity index (χ0) is 15.4. The molecule has 5 nitrogen and oxygen atoms in total. The summed E-state index contributed by atoms with van der Waals surface area (Å²) in [5.74, 6) is -0.649. The van der Waals surface area contributed by atoms with Crippen molar-refractivity contribution < 1.29 is 18.3 Å². The molecule has 0 atom stereocenters. The topological polar surface area (TPSA) is 77.2 Å². The van der Waals surface area contributed by atoms with Crippen molar-refractivity contribution in [1.29, 1.82) is 0 Å². The third kappa shape index (κ3) is 4.03. The van der Waals surface area contributed by atoms with E-state index in [0.717, 1.165) is 0 Å². The number of ether oxygens (including phenoxy) is 1. The third-order valence-corrected chi connectivity index (χ3v) is 2.72. The second kappa shape index (κ2) is 6.36. The Bertz CT molecular complexity index is 650. The second-order valence-electron chi connectivity index (χ2n) is 3.95. The molecule has 0 aliphatic rings. The fraction of sp³-hybridized carbons (Fsp3) is 0.0769. The summed E-state index contributed by atoms with van der Waals surface area (Å²) < 4.78 is 28.4. The molecular formula is C13H10ClF2N3O2. The Hall–Kier alpha value is -2.41. The van der Waals surface area contributed by atoms with Crippen LogP contribution in [0.25, 0.3) is 0 Å². The highest BCUT2D eigenvalue weighted by Crippen LogP contribution is 2.29. The van der Waals surface area contributed by atoms with Crippen LogP contribution < -0.4 is 15.8 Å². The summed E-state index contributed by atoms with van der Waals surface area (Å²) in [6.07, 6.45) is 1.35. The number of benzene rings is 1. The maximum atomic E-state index is 12.1. The number of rotatable bonds is 4. The molecule has 1 aromatic carbocycles. The number of nitrogens with zero attached hydrogens (tertiary/aromatic N) is 1. The number of aromatic nitrogens is 1. The Morgan fingerprint density at radius 3 is 2.67 bits per heavy atom. The average molecular weight is 314 g/mol. The zero-order valence-electron chi connectivity index (χ0n) is 10.5. The highest BCUT2D eigenvalue weighted by molar-refractivity contribution is 6.32. The Labute approximate surface area is 123 Å². The molecule has 1 amide bonds. The van der Waals surface area contributed by atoms with Crippen LogP contribution in [0.15, 0.2) is 36.5 Å². The second-order valence-corrected chi connectivity index (χ2v) is 4.36. The molecule has 0 fully saturated rings. The van der Waals surface area contributed by atoms with Crippen molar-refractivity contribution in [3.05, 3.63) is 47.2 Å². The van der Waals surface area contributed by atoms with Crippen molar-refractivity contribution in [3.63, 3.8) is 0 Å². The molecule has 2 aromatic rings. The molecule has 0 aliphatic carbocycles. The van der Waals surface area contributed by atoms with Gasteiger partial charge in [0.25, 0.3) is 5.91 Å². The number of nitrogen functional groups attached to an aromatic ring is 1. The van der Waals surface area contributed by atoms with Gasteiger partial charge in [0.1, 0.15) is 11.4 Å². The summed E-state index contributed by atoms with van der Waals surface area (Å²) >= 11 is 5.78. The van der Waals surface area contributed by atoms with E-state index >= 15 is 0 Å². The van der Waals surface area contributed by atoms with Crippen LogP contribution in [-0.4, -0.2) is 17.5 Å². The van der Waals surface area contributed by atoms with Crippen molar-refractivity contribution in [2.75, 3.05) is 11.1 Å². The lowest BCUT2D eigenvalue weighted by Crippen LogP contribution is -2.13. The van der Waals surface area contributed by atoms with Gasteiger partial charge in [-0.3, -0.25) is 4.79 Å². The number of carbonyl (C=O) groups is 1. The van der Waals surface area contributed by atoms with Gasteiger partial charge in [-0.1, -0.05) is 11.6 Å². The summed E-state index contributed by atoms with van der Waals surface area (Å²) in [6, 6.07) is 6.92. The van der Waals surface area contributed by atoms with Crippen LogP contribution in [0.4, 0.5) is 20.2 Å². The molecular weight excluding hydrogens is 304 g/mol. The lowest BCUT2D eigenvalue weighted by molar-refractivity contribution is -0.0497. The molecule has 2 rings (SSSR count). The maximum Gasteiger partial charge on any atom is 0.387 e. The molecule has 1 heterocycles. The normalized spacial score (nSPS) is 10.5. The van der Waals surface area contributed by atoms with Gasteiger partial charge in [-0.05, 0) is 30.3 Å². The van der Waals surface area contributed by atoms with E-state index in [-0.39, 0.29) is 16.5 Å². The highest BCUT2D eigenvalue weighted by atomic mass is 35.5. The number of halogens is 3. The maximum absolute atomic E-state index is 12.1. The lowest BCUT2D eigenvalue weighted by Gasteiger charge is -2.09. The standard InChI is InChI=1S/C13H10ClF2N3O2/c14-9-5-8(2-4-11(9)21-13(15)16)19-12(20)10-3-1-7(17)6-18-10/h1-6,13H,17H2,(H,19,20). The molecule has 3 N–H and O–H groups in total. The van der Waals surface area contributed by atoms with Gasteiger partial charge in [-0.15, -0.1) is 0 Å². The lowest BCUT2D eigenvalue weighted by atomic mass is 10.2. The summed E-state index contributed by atoms with van der Waals surface area (Å²) in [7, 11) is 0. The minimum atomic E-state index is -2.97. The first kappa shape index (κ1) is 15.0. The Morgan fingerprint density at radius 1 is 1.33 bits per heavy atom. The number of nitrogens with two attached hydrogens (primary N) is 1. The molecule has 0 bridgehead atoms. The van der Waals surface area contributed by atoms with E-state index in [9.17, 15) is 13.6 Å². The van der Waals surface area contributed by atoms with Gasteiger partial charge in [0.05, 0.1) is 16.9 Å². The fourth-order valence-electron chi connectivity index (χ4n) is 1.50. The van der Waals surface area contributed by atoms with Crippen LogP contribution >= 0.6 is 11.6 Å². The van der Waals surface area contributed by atoms with Crippen molar-refractivity contribution >= 4 is 28.9 Å². The SMILES string of the molecule is Nc1ccc(C(=O)Nc2ccc(OC(F)F)c(Cl)c2)nc1. The summed E-state index contributed by atoms with van der Waals surface area (Å²) in [5, 5.41) is 2.49. The zero-order valence-corrected chi connectivity index (χ0v) is 11.3. The Kier molecular flexibility index (Phi) is 4.54. The van der Waals surface area contributed by atoms with E-state index in [2.05, 4.69) is 15.0 Å². The molecule has 0 saturated heterocycles. The average Bonchev–Trinajstić information content (AvgIpc) is 2.42. The van der Waals surface area contributed by atoms with Crippen LogP contribution in [-0.2, 0) is 0 Å². The molecule has 21 heavy (non-hydrogen) atoms. The summed E-state index contributed by atoms with van der Waals surface area (Å²) in [6.45, 7) is -2.97. The van der Waals surface area contributed by atoms with Crippen LogP contribution in [0.2, 0.25) is 5.02 Å². The van der Waals surface area contributed by atoms with Gasteiger partial charge in [-0.25, -0.2) is 4.98 Å². The summed E-state index contributed by atoms with van der Waals surface area (Å²) in [5.41, 5.74) is 6.39. The van der Waals surface area contributed by atoms with Crippen LogP contribution in [0, 0.1) is 0 Å². The number of pyridine rings is 1. The van der Waals surface area contributed by atoms with Gasteiger partial charge in [-0.2, -0.15) is 8.78 Å². The van der Waals surface area contributed by atoms with E-state index in [1.807, 2.05) is 0 Å². The van der Waals surface area contributed by atoms with Crippen molar-refractivity contribution in [3.8, 4) is 5.75 Å². The number of nitrogens with one attached hydrogen (secondary N) is 1. The van der Waals surface area contributed by atoms with E-state index in [0.29, 0.717) is 11.4 Å². The van der Waals surface area contributed by atoms with Gasteiger partial charge in [0.2, 0.25) is 0 Å². The number of anilines is 2. The first-order chi connectivity index (χ1) is 9.95.